The Labute approximate surface area is 113 Å². The van der Waals surface area contributed by atoms with Crippen LogP contribution in [0.4, 0.5) is 13.2 Å². The molecule has 1 heterocycles. The molecule has 0 N–H and O–H groups in total. The van der Waals surface area contributed by atoms with Gasteiger partial charge in [-0.2, -0.15) is 21.6 Å². The Bertz CT molecular complexity index is 731. The highest BCUT2D eigenvalue weighted by atomic mass is 32.2. The largest absolute Gasteiger partial charge is 0.464 e. The van der Waals surface area contributed by atoms with E-state index in [1.54, 1.807) is 0 Å². The number of benzene rings is 1. The van der Waals surface area contributed by atoms with Gasteiger partial charge in [-0.05, 0) is 19.1 Å². The first kappa shape index (κ1) is 14.9. The molecule has 0 amide bonds. The molecule has 2 aromatic rings. The number of rotatable bonds is 3. The van der Waals surface area contributed by atoms with Crippen molar-refractivity contribution in [1.82, 2.24) is 0 Å². The van der Waals surface area contributed by atoms with E-state index >= 15 is 0 Å². The normalized spacial score (nSPS) is 14.7. The molecular formula is C12H11F3O4S. The summed E-state index contributed by atoms with van der Waals surface area (Å²) in [5.41, 5.74) is -0.430. The van der Waals surface area contributed by atoms with Crippen LogP contribution in [0, 0.1) is 0 Å². The van der Waals surface area contributed by atoms with E-state index in [1.165, 1.54) is 19.3 Å². The van der Waals surface area contributed by atoms with Crippen LogP contribution in [0.1, 0.15) is 24.2 Å². The highest BCUT2D eigenvalue weighted by Gasteiger charge is 2.31. The first-order valence-corrected chi connectivity index (χ1v) is 7.36. The second kappa shape index (κ2) is 4.78. The Morgan fingerprint density at radius 2 is 1.95 bits per heavy atom. The molecule has 0 aliphatic carbocycles. The van der Waals surface area contributed by atoms with Crippen molar-refractivity contribution in [3.8, 4) is 0 Å². The van der Waals surface area contributed by atoms with Gasteiger partial charge in [-0.15, -0.1) is 0 Å². The maximum Gasteiger partial charge on any atom is 0.416 e. The predicted molar refractivity (Wildman–Crippen MR) is 65.6 cm³/mol. The fourth-order valence-electron chi connectivity index (χ4n) is 1.85. The lowest BCUT2D eigenvalue weighted by Crippen LogP contribution is -2.07. The van der Waals surface area contributed by atoms with Crippen molar-refractivity contribution in [1.29, 1.82) is 0 Å². The van der Waals surface area contributed by atoms with E-state index in [-0.39, 0.29) is 5.58 Å². The minimum atomic E-state index is -4.46. The molecular weight excluding hydrogens is 297 g/mol. The molecule has 1 unspecified atom stereocenters. The number of alkyl halides is 3. The van der Waals surface area contributed by atoms with E-state index in [2.05, 4.69) is 0 Å². The van der Waals surface area contributed by atoms with Crippen LogP contribution in [0.25, 0.3) is 11.0 Å². The van der Waals surface area contributed by atoms with Crippen LogP contribution >= 0.6 is 0 Å². The summed E-state index contributed by atoms with van der Waals surface area (Å²) in [5.74, 6) is 0. The van der Waals surface area contributed by atoms with Gasteiger partial charge in [0.15, 0.2) is 0 Å². The number of hydrogen-bond donors (Lipinski definition) is 0. The van der Waals surface area contributed by atoms with Crippen LogP contribution in [-0.4, -0.2) is 14.7 Å². The number of hydrogen-bond acceptors (Lipinski definition) is 4. The third kappa shape index (κ3) is 3.13. The molecule has 0 radical (unpaired) electrons. The van der Waals surface area contributed by atoms with Crippen molar-refractivity contribution in [2.75, 3.05) is 6.26 Å². The van der Waals surface area contributed by atoms with Crippen LogP contribution in [-0.2, 0) is 20.5 Å². The van der Waals surface area contributed by atoms with Crippen LogP contribution in [0.5, 0.6) is 0 Å². The van der Waals surface area contributed by atoms with Crippen molar-refractivity contribution in [3.05, 3.63) is 35.6 Å². The fourth-order valence-corrected chi connectivity index (χ4v) is 2.48. The van der Waals surface area contributed by atoms with Gasteiger partial charge in [0.2, 0.25) is 0 Å². The summed E-state index contributed by atoms with van der Waals surface area (Å²) in [5, 5.41) is 0.383. The fraction of sp³-hybridized carbons (Fsp3) is 0.333. The van der Waals surface area contributed by atoms with Crippen LogP contribution in [0.2, 0.25) is 0 Å². The van der Waals surface area contributed by atoms with Gasteiger partial charge in [0.05, 0.1) is 18.1 Å². The summed E-state index contributed by atoms with van der Waals surface area (Å²) in [6.07, 6.45) is -3.22. The summed E-state index contributed by atoms with van der Waals surface area (Å²) in [7, 11) is -3.67. The second-order valence-electron chi connectivity index (χ2n) is 4.34. The minimum absolute atomic E-state index is 0.0266. The van der Waals surface area contributed by atoms with Gasteiger partial charge in [-0.3, -0.25) is 4.18 Å². The minimum Gasteiger partial charge on any atom is -0.464 e. The molecule has 8 heteroatoms. The Kier molecular flexibility index (Phi) is 3.55. The van der Waals surface area contributed by atoms with Crippen LogP contribution < -0.4 is 0 Å². The van der Waals surface area contributed by atoms with Gasteiger partial charge in [0, 0.05) is 10.9 Å². The number of fused-ring (bicyclic) bond motifs is 1. The number of halogens is 3. The number of furan rings is 1. The average Bonchev–Trinajstić information content (AvgIpc) is 2.67. The Morgan fingerprint density at radius 3 is 2.50 bits per heavy atom. The van der Waals surface area contributed by atoms with Gasteiger partial charge in [0.25, 0.3) is 10.1 Å². The Balaban J connectivity index is 2.43. The summed E-state index contributed by atoms with van der Waals surface area (Å²) in [6.45, 7) is 1.48. The molecule has 0 aliphatic rings. The van der Waals surface area contributed by atoms with Crippen molar-refractivity contribution in [2.24, 2.45) is 0 Å². The van der Waals surface area contributed by atoms with E-state index in [4.69, 9.17) is 8.60 Å². The molecule has 0 saturated carbocycles. The van der Waals surface area contributed by atoms with Crippen molar-refractivity contribution >= 4 is 21.1 Å². The van der Waals surface area contributed by atoms with Gasteiger partial charge < -0.3 is 4.42 Å². The zero-order chi connectivity index (χ0) is 15.1. The molecule has 110 valence electrons. The molecule has 0 fully saturated rings. The summed E-state index contributed by atoms with van der Waals surface area (Å²) in [4.78, 5) is 0. The molecule has 1 atom stereocenters. The molecule has 0 bridgehead atoms. The highest BCUT2D eigenvalue weighted by molar-refractivity contribution is 7.86. The average molecular weight is 308 g/mol. The van der Waals surface area contributed by atoms with Crippen LogP contribution in [0.15, 0.2) is 28.9 Å². The van der Waals surface area contributed by atoms with Crippen molar-refractivity contribution < 1.29 is 30.2 Å². The summed E-state index contributed by atoms with van der Waals surface area (Å²) in [6, 6.07) is 3.01. The SMILES string of the molecule is CC(OS(C)(=O)=O)c1coc2cc(C(F)(F)F)ccc12. The van der Waals surface area contributed by atoms with E-state index in [0.717, 1.165) is 18.4 Å². The predicted octanol–water partition coefficient (Wildman–Crippen LogP) is 3.49. The molecule has 2 rings (SSSR count). The molecule has 1 aromatic heterocycles. The highest BCUT2D eigenvalue weighted by Crippen LogP contribution is 2.35. The van der Waals surface area contributed by atoms with Gasteiger partial charge in [-0.25, -0.2) is 0 Å². The smallest absolute Gasteiger partial charge is 0.416 e. The third-order valence-electron chi connectivity index (χ3n) is 2.69. The standard InChI is InChI=1S/C12H11F3O4S/c1-7(19-20(2,16)17)10-6-18-11-5-8(12(13,14)15)3-4-9(10)11/h3-7H,1-2H3. The van der Waals surface area contributed by atoms with Crippen LogP contribution in [0.3, 0.4) is 0 Å². The topological polar surface area (TPSA) is 56.5 Å². The molecule has 1 aromatic carbocycles. The van der Waals surface area contributed by atoms with E-state index in [9.17, 15) is 21.6 Å². The molecule has 0 saturated heterocycles. The van der Waals surface area contributed by atoms with Crippen molar-refractivity contribution in [2.45, 2.75) is 19.2 Å². The molecule has 0 aliphatic heterocycles. The summed E-state index contributed by atoms with van der Waals surface area (Å²) >= 11 is 0. The Hall–Kier alpha value is -1.54. The quantitative estimate of drug-likeness (QED) is 0.814. The van der Waals surface area contributed by atoms with E-state index < -0.39 is 28.0 Å². The van der Waals surface area contributed by atoms with Crippen molar-refractivity contribution in [3.63, 3.8) is 0 Å². The first-order chi connectivity index (χ1) is 9.08. The van der Waals surface area contributed by atoms with E-state index in [0.29, 0.717) is 10.9 Å². The zero-order valence-corrected chi connectivity index (χ0v) is 11.4. The maximum atomic E-state index is 12.6. The second-order valence-corrected chi connectivity index (χ2v) is 5.94. The Morgan fingerprint density at radius 1 is 1.30 bits per heavy atom. The van der Waals surface area contributed by atoms with Gasteiger partial charge in [0.1, 0.15) is 11.7 Å². The molecule has 0 spiro atoms. The lowest BCUT2D eigenvalue weighted by atomic mass is 10.1. The lowest BCUT2D eigenvalue weighted by molar-refractivity contribution is -0.137. The zero-order valence-electron chi connectivity index (χ0n) is 10.6. The van der Waals surface area contributed by atoms with Gasteiger partial charge >= 0.3 is 6.18 Å². The summed E-state index contributed by atoms with van der Waals surface area (Å²) < 4.78 is 69.6. The molecule has 4 nitrogen and oxygen atoms in total. The first-order valence-electron chi connectivity index (χ1n) is 5.54. The molecule has 20 heavy (non-hydrogen) atoms. The van der Waals surface area contributed by atoms with Gasteiger partial charge in [-0.1, -0.05) is 6.07 Å². The monoisotopic (exact) mass is 308 g/mol. The third-order valence-corrected chi connectivity index (χ3v) is 3.33. The maximum absolute atomic E-state index is 12.6. The van der Waals surface area contributed by atoms with E-state index in [1.807, 2.05) is 0 Å². The lowest BCUT2D eigenvalue weighted by Gasteiger charge is -2.09.